The summed E-state index contributed by atoms with van der Waals surface area (Å²) in [6.45, 7) is 8.85. The summed E-state index contributed by atoms with van der Waals surface area (Å²) in [5, 5.41) is 8.64. The zero-order chi connectivity index (χ0) is 18.9. The Morgan fingerprint density at radius 3 is 2.31 bits per heavy atom. The number of nitrogens with one attached hydrogen (secondary N) is 1. The Balaban J connectivity index is 1.76. The third-order valence-corrected chi connectivity index (χ3v) is 5.64. The van der Waals surface area contributed by atoms with E-state index in [0.29, 0.717) is 24.5 Å². The second-order valence-corrected chi connectivity index (χ2v) is 7.97. The van der Waals surface area contributed by atoms with Crippen LogP contribution in [0.4, 0.5) is 5.69 Å². The van der Waals surface area contributed by atoms with Gasteiger partial charge in [0.25, 0.3) is 10.0 Å². The van der Waals surface area contributed by atoms with E-state index in [1.165, 1.54) is 0 Å². The van der Waals surface area contributed by atoms with Crippen LogP contribution in [0.3, 0.4) is 0 Å². The average molecular weight is 373 g/mol. The van der Waals surface area contributed by atoms with E-state index < -0.39 is 10.0 Å². The van der Waals surface area contributed by atoms with Gasteiger partial charge in [0.05, 0.1) is 17.9 Å². The predicted molar refractivity (Wildman–Crippen MR) is 101 cm³/mol. The first kappa shape index (κ1) is 18.2. The molecule has 2 aromatic heterocycles. The summed E-state index contributed by atoms with van der Waals surface area (Å²) >= 11 is 0. The van der Waals surface area contributed by atoms with Crippen LogP contribution in [0.15, 0.2) is 41.4 Å². The van der Waals surface area contributed by atoms with E-state index in [1.807, 2.05) is 43.7 Å². The van der Waals surface area contributed by atoms with Gasteiger partial charge in [0.2, 0.25) is 0 Å². The van der Waals surface area contributed by atoms with Crippen molar-refractivity contribution in [3.8, 4) is 0 Å². The van der Waals surface area contributed by atoms with Crippen LogP contribution in [0.1, 0.15) is 29.6 Å². The lowest BCUT2D eigenvalue weighted by Crippen LogP contribution is -2.13. The fraction of sp³-hybridized carbons (Fsp3) is 0.333. The minimum Gasteiger partial charge on any atom is -0.280 e. The molecule has 0 aliphatic carbocycles. The smallest absolute Gasteiger partial charge is 0.265 e. The first-order valence-electron chi connectivity index (χ1n) is 8.45. The summed E-state index contributed by atoms with van der Waals surface area (Å²) in [5.41, 5.74) is 4.13. The zero-order valence-electron chi connectivity index (χ0n) is 15.4. The molecule has 0 fully saturated rings. The fourth-order valence-electron chi connectivity index (χ4n) is 2.82. The van der Waals surface area contributed by atoms with Crippen LogP contribution in [0.25, 0.3) is 0 Å². The van der Waals surface area contributed by atoms with E-state index in [4.69, 9.17) is 0 Å². The minimum atomic E-state index is -3.66. The maximum atomic E-state index is 12.6. The van der Waals surface area contributed by atoms with E-state index in [-0.39, 0.29) is 4.90 Å². The normalized spacial score (nSPS) is 11.7. The van der Waals surface area contributed by atoms with Crippen LogP contribution in [0, 0.1) is 20.8 Å². The monoisotopic (exact) mass is 373 g/mol. The van der Waals surface area contributed by atoms with Gasteiger partial charge < -0.3 is 0 Å². The quantitative estimate of drug-likeness (QED) is 0.720. The van der Waals surface area contributed by atoms with Gasteiger partial charge in [0.15, 0.2) is 0 Å². The van der Waals surface area contributed by atoms with Crippen LogP contribution in [-0.2, 0) is 23.1 Å². The maximum absolute atomic E-state index is 12.6. The molecule has 0 unspecified atom stereocenters. The van der Waals surface area contributed by atoms with E-state index in [1.54, 1.807) is 29.9 Å². The lowest BCUT2D eigenvalue weighted by molar-refractivity contribution is 0.600. The molecule has 0 saturated carbocycles. The highest BCUT2D eigenvalue weighted by atomic mass is 32.2. The number of benzene rings is 1. The number of nitrogens with zero attached hydrogens (tertiary/aromatic N) is 4. The van der Waals surface area contributed by atoms with Crippen molar-refractivity contribution >= 4 is 15.7 Å². The number of sulfonamides is 1. The van der Waals surface area contributed by atoms with Crippen LogP contribution in [-0.4, -0.2) is 28.0 Å². The van der Waals surface area contributed by atoms with Gasteiger partial charge in [0, 0.05) is 24.1 Å². The van der Waals surface area contributed by atoms with Gasteiger partial charge in [-0.05, 0) is 51.5 Å². The third kappa shape index (κ3) is 3.80. The molecule has 0 bridgehead atoms. The molecule has 0 atom stereocenters. The van der Waals surface area contributed by atoms with Crippen LogP contribution < -0.4 is 4.72 Å². The molecule has 0 amide bonds. The summed E-state index contributed by atoms with van der Waals surface area (Å²) < 4.78 is 31.3. The molecule has 0 saturated heterocycles. The van der Waals surface area contributed by atoms with Gasteiger partial charge in [0.1, 0.15) is 4.90 Å². The number of hydrogen-bond acceptors (Lipinski definition) is 4. The molecular formula is C18H23N5O2S. The van der Waals surface area contributed by atoms with Crippen molar-refractivity contribution in [3.63, 3.8) is 0 Å². The molecule has 0 aliphatic rings. The SMILES string of the molecule is CCn1cc(S(=O)(=O)Nc2ccc(Cn3nc(C)cc3C)cc2)c(C)n1. The number of aromatic nitrogens is 4. The number of anilines is 1. The molecule has 8 heteroatoms. The number of rotatable bonds is 6. The summed E-state index contributed by atoms with van der Waals surface area (Å²) in [7, 11) is -3.66. The molecule has 3 aromatic rings. The highest BCUT2D eigenvalue weighted by molar-refractivity contribution is 7.92. The van der Waals surface area contributed by atoms with Crippen molar-refractivity contribution in [2.24, 2.45) is 0 Å². The fourth-order valence-corrected chi connectivity index (χ4v) is 4.07. The van der Waals surface area contributed by atoms with Crippen LogP contribution >= 0.6 is 0 Å². The third-order valence-electron chi connectivity index (χ3n) is 4.16. The molecule has 2 heterocycles. The first-order chi connectivity index (χ1) is 12.3. The largest absolute Gasteiger partial charge is 0.280 e. The van der Waals surface area contributed by atoms with Gasteiger partial charge in [-0.3, -0.25) is 14.1 Å². The topological polar surface area (TPSA) is 81.8 Å². The molecular weight excluding hydrogens is 350 g/mol. The Bertz CT molecular complexity index is 1020. The second kappa shape index (κ2) is 6.95. The van der Waals surface area contributed by atoms with Crippen molar-refractivity contribution in [2.45, 2.75) is 45.7 Å². The van der Waals surface area contributed by atoms with Crippen LogP contribution in [0.5, 0.6) is 0 Å². The minimum absolute atomic E-state index is 0.200. The zero-order valence-corrected chi connectivity index (χ0v) is 16.2. The summed E-state index contributed by atoms with van der Waals surface area (Å²) in [4.78, 5) is 0.200. The molecule has 0 spiro atoms. The summed E-state index contributed by atoms with van der Waals surface area (Å²) in [6, 6.07) is 9.35. The Hall–Kier alpha value is -2.61. The van der Waals surface area contributed by atoms with Gasteiger partial charge >= 0.3 is 0 Å². The molecule has 26 heavy (non-hydrogen) atoms. The lowest BCUT2D eigenvalue weighted by Gasteiger charge is -2.09. The molecule has 7 nitrogen and oxygen atoms in total. The van der Waals surface area contributed by atoms with Gasteiger partial charge in [-0.1, -0.05) is 12.1 Å². The Morgan fingerprint density at radius 1 is 1.08 bits per heavy atom. The highest BCUT2D eigenvalue weighted by Gasteiger charge is 2.20. The van der Waals surface area contributed by atoms with Gasteiger partial charge in [-0.2, -0.15) is 10.2 Å². The second-order valence-electron chi connectivity index (χ2n) is 6.32. The molecule has 3 rings (SSSR count). The molecule has 138 valence electrons. The number of hydrogen-bond donors (Lipinski definition) is 1. The van der Waals surface area contributed by atoms with Crippen molar-refractivity contribution in [2.75, 3.05) is 4.72 Å². The highest BCUT2D eigenvalue weighted by Crippen LogP contribution is 2.19. The van der Waals surface area contributed by atoms with Crippen molar-refractivity contribution in [1.82, 2.24) is 19.6 Å². The predicted octanol–water partition coefficient (Wildman–Crippen LogP) is 2.87. The molecule has 1 aromatic carbocycles. The number of aryl methyl sites for hydroxylation is 4. The van der Waals surface area contributed by atoms with E-state index in [0.717, 1.165) is 17.0 Å². The molecule has 1 N–H and O–H groups in total. The van der Waals surface area contributed by atoms with E-state index >= 15 is 0 Å². The Morgan fingerprint density at radius 2 is 1.77 bits per heavy atom. The molecule has 0 radical (unpaired) electrons. The first-order valence-corrected chi connectivity index (χ1v) is 9.93. The molecule has 0 aliphatic heterocycles. The van der Waals surface area contributed by atoms with Gasteiger partial charge in [-0.15, -0.1) is 0 Å². The summed E-state index contributed by atoms with van der Waals surface area (Å²) in [5.74, 6) is 0. The summed E-state index contributed by atoms with van der Waals surface area (Å²) in [6.07, 6.45) is 1.55. The average Bonchev–Trinajstić information content (AvgIpc) is 3.11. The van der Waals surface area contributed by atoms with Crippen molar-refractivity contribution in [1.29, 1.82) is 0 Å². The Kier molecular flexibility index (Phi) is 4.86. The maximum Gasteiger partial charge on any atom is 0.265 e. The van der Waals surface area contributed by atoms with Crippen LogP contribution in [0.2, 0.25) is 0 Å². The van der Waals surface area contributed by atoms with Crippen molar-refractivity contribution in [3.05, 3.63) is 59.2 Å². The lowest BCUT2D eigenvalue weighted by atomic mass is 10.2. The van der Waals surface area contributed by atoms with Gasteiger partial charge in [-0.25, -0.2) is 8.42 Å². The van der Waals surface area contributed by atoms with Crippen molar-refractivity contribution < 1.29 is 8.42 Å². The Labute approximate surface area is 153 Å². The van der Waals surface area contributed by atoms with E-state index in [2.05, 4.69) is 14.9 Å². The van der Waals surface area contributed by atoms with E-state index in [9.17, 15) is 8.42 Å². The standard InChI is InChI=1S/C18H23N5O2S/c1-5-22-12-18(15(4)20-22)26(24,25)21-17-8-6-16(7-9-17)11-23-14(3)10-13(2)19-23/h6-10,12,21H,5,11H2,1-4H3.